The van der Waals surface area contributed by atoms with Crippen LogP contribution in [0, 0.1) is 19.3 Å². The Bertz CT molecular complexity index is 668. The molecule has 116 valence electrons. The van der Waals surface area contributed by atoms with E-state index in [1.807, 2.05) is 13.0 Å². The minimum absolute atomic E-state index is 0.0258. The zero-order valence-corrected chi connectivity index (χ0v) is 13.4. The Labute approximate surface area is 125 Å². The van der Waals surface area contributed by atoms with E-state index < -0.39 is 21.4 Å². The smallest absolute Gasteiger partial charge is 0.310 e. The lowest BCUT2D eigenvalue weighted by Gasteiger charge is -2.36. The maximum absolute atomic E-state index is 12.8. The van der Waals surface area contributed by atoms with Gasteiger partial charge in [-0.3, -0.25) is 4.79 Å². The average molecular weight is 311 g/mol. The maximum Gasteiger partial charge on any atom is 0.310 e. The van der Waals surface area contributed by atoms with Gasteiger partial charge in [0.2, 0.25) is 10.0 Å². The van der Waals surface area contributed by atoms with Crippen molar-refractivity contribution < 1.29 is 18.3 Å². The summed E-state index contributed by atoms with van der Waals surface area (Å²) in [6.45, 7) is 5.68. The van der Waals surface area contributed by atoms with Crippen molar-refractivity contribution in [1.82, 2.24) is 4.31 Å². The molecule has 0 radical (unpaired) electrons. The first-order chi connectivity index (χ1) is 9.67. The van der Waals surface area contributed by atoms with Gasteiger partial charge in [0.1, 0.15) is 0 Å². The average Bonchev–Trinajstić information content (AvgIpc) is 2.38. The van der Waals surface area contributed by atoms with E-state index in [1.54, 1.807) is 26.0 Å². The van der Waals surface area contributed by atoms with E-state index >= 15 is 0 Å². The van der Waals surface area contributed by atoms with Crippen LogP contribution in [0.5, 0.6) is 0 Å². The molecule has 1 unspecified atom stereocenters. The molecule has 1 aliphatic rings. The standard InChI is InChI=1S/C15H21NO4S/c1-11-5-6-13(12(2)9-11)21(19,20)16-8-4-7-15(3,10-16)14(17)18/h5-6,9H,4,7-8,10H2,1-3H3,(H,17,18). The van der Waals surface area contributed by atoms with Gasteiger partial charge in [-0.2, -0.15) is 4.31 Å². The van der Waals surface area contributed by atoms with Crippen molar-refractivity contribution in [3.8, 4) is 0 Å². The van der Waals surface area contributed by atoms with Gasteiger partial charge in [-0.15, -0.1) is 0 Å². The van der Waals surface area contributed by atoms with Crippen molar-refractivity contribution >= 4 is 16.0 Å². The summed E-state index contributed by atoms with van der Waals surface area (Å²) in [4.78, 5) is 11.6. The lowest BCUT2D eigenvalue weighted by atomic mass is 9.83. The number of carboxylic acid groups (broad SMARTS) is 1. The van der Waals surface area contributed by atoms with Crippen molar-refractivity contribution in [2.75, 3.05) is 13.1 Å². The van der Waals surface area contributed by atoms with E-state index in [4.69, 9.17) is 0 Å². The van der Waals surface area contributed by atoms with E-state index in [0.717, 1.165) is 5.56 Å². The Hall–Kier alpha value is -1.40. The second kappa shape index (κ2) is 5.42. The fourth-order valence-corrected chi connectivity index (χ4v) is 4.61. The molecule has 0 bridgehead atoms. The third-order valence-corrected chi connectivity index (χ3v) is 6.13. The van der Waals surface area contributed by atoms with Crippen LogP contribution in [0.3, 0.4) is 0 Å². The second-order valence-corrected chi connectivity index (χ2v) is 7.98. The molecule has 0 amide bonds. The van der Waals surface area contributed by atoms with E-state index in [1.165, 1.54) is 4.31 Å². The second-order valence-electron chi connectivity index (χ2n) is 6.08. The van der Waals surface area contributed by atoms with E-state index in [2.05, 4.69) is 0 Å². The minimum Gasteiger partial charge on any atom is -0.481 e. The Morgan fingerprint density at radius 1 is 1.33 bits per heavy atom. The third-order valence-electron chi connectivity index (χ3n) is 4.13. The van der Waals surface area contributed by atoms with Gasteiger partial charge in [-0.05, 0) is 45.2 Å². The molecule has 1 saturated heterocycles. The van der Waals surface area contributed by atoms with Crippen LogP contribution in [0.1, 0.15) is 30.9 Å². The molecule has 1 aliphatic heterocycles. The molecule has 1 fully saturated rings. The highest BCUT2D eigenvalue weighted by Gasteiger charge is 2.42. The minimum atomic E-state index is -3.64. The van der Waals surface area contributed by atoms with E-state index in [-0.39, 0.29) is 11.4 Å². The van der Waals surface area contributed by atoms with Crippen molar-refractivity contribution in [3.05, 3.63) is 29.3 Å². The van der Waals surface area contributed by atoms with Crippen LogP contribution in [-0.2, 0) is 14.8 Å². The number of hydrogen-bond donors (Lipinski definition) is 1. The molecule has 5 nitrogen and oxygen atoms in total. The fraction of sp³-hybridized carbons (Fsp3) is 0.533. The molecule has 0 spiro atoms. The van der Waals surface area contributed by atoms with Crippen LogP contribution in [-0.4, -0.2) is 36.9 Å². The van der Waals surface area contributed by atoms with Crippen molar-refractivity contribution in [1.29, 1.82) is 0 Å². The molecule has 0 aromatic heterocycles. The van der Waals surface area contributed by atoms with Crippen molar-refractivity contribution in [2.45, 2.75) is 38.5 Å². The number of benzene rings is 1. The number of carbonyl (C=O) groups is 1. The van der Waals surface area contributed by atoms with Gasteiger partial charge in [0.05, 0.1) is 10.3 Å². The van der Waals surface area contributed by atoms with Crippen molar-refractivity contribution in [2.24, 2.45) is 5.41 Å². The molecular weight excluding hydrogens is 290 g/mol. The van der Waals surface area contributed by atoms with Gasteiger partial charge in [-0.25, -0.2) is 8.42 Å². The largest absolute Gasteiger partial charge is 0.481 e. The molecule has 2 rings (SSSR count). The summed E-state index contributed by atoms with van der Waals surface area (Å²) in [5.74, 6) is -0.942. The number of sulfonamides is 1. The lowest BCUT2D eigenvalue weighted by molar-refractivity contribution is -0.150. The van der Waals surface area contributed by atoms with Gasteiger partial charge in [0.25, 0.3) is 0 Å². The summed E-state index contributed by atoms with van der Waals surface area (Å²) in [5, 5.41) is 9.32. The monoisotopic (exact) mass is 311 g/mol. The molecule has 6 heteroatoms. The normalized spacial score (nSPS) is 24.0. The number of aliphatic carboxylic acids is 1. The van der Waals surface area contributed by atoms with Gasteiger partial charge >= 0.3 is 5.97 Å². The number of hydrogen-bond acceptors (Lipinski definition) is 3. The first kappa shape index (κ1) is 16.0. The Kier molecular flexibility index (Phi) is 4.13. The quantitative estimate of drug-likeness (QED) is 0.928. The summed E-state index contributed by atoms with van der Waals surface area (Å²) in [6, 6.07) is 5.19. The number of nitrogens with zero attached hydrogens (tertiary/aromatic N) is 1. The highest BCUT2D eigenvalue weighted by Crippen LogP contribution is 2.33. The fourth-order valence-electron chi connectivity index (χ4n) is 2.80. The van der Waals surface area contributed by atoms with Crippen LogP contribution in [0.2, 0.25) is 0 Å². The summed E-state index contributed by atoms with van der Waals surface area (Å²) < 4.78 is 26.8. The van der Waals surface area contributed by atoms with Crippen LogP contribution in [0.15, 0.2) is 23.1 Å². The molecule has 1 N–H and O–H groups in total. The molecule has 21 heavy (non-hydrogen) atoms. The van der Waals surface area contributed by atoms with Crippen LogP contribution >= 0.6 is 0 Å². The van der Waals surface area contributed by atoms with Crippen molar-refractivity contribution in [3.63, 3.8) is 0 Å². The van der Waals surface area contributed by atoms with Gasteiger partial charge in [0, 0.05) is 13.1 Å². The summed E-state index contributed by atoms with van der Waals surface area (Å²) in [7, 11) is -3.64. The molecular formula is C15H21NO4S. The third kappa shape index (κ3) is 2.96. The van der Waals surface area contributed by atoms with Crippen LogP contribution in [0.25, 0.3) is 0 Å². The SMILES string of the molecule is Cc1ccc(S(=O)(=O)N2CCCC(C)(C(=O)O)C2)c(C)c1. The predicted octanol–water partition coefficient (Wildman–Crippen LogP) is 2.18. The summed E-state index contributed by atoms with van der Waals surface area (Å²) >= 11 is 0. The summed E-state index contributed by atoms with van der Waals surface area (Å²) in [6.07, 6.45) is 1.06. The Morgan fingerprint density at radius 3 is 2.57 bits per heavy atom. The Morgan fingerprint density at radius 2 is 2.00 bits per heavy atom. The number of carboxylic acids is 1. The highest BCUT2D eigenvalue weighted by molar-refractivity contribution is 7.89. The van der Waals surface area contributed by atoms with Gasteiger partial charge in [-0.1, -0.05) is 17.7 Å². The topological polar surface area (TPSA) is 74.7 Å². The van der Waals surface area contributed by atoms with Crippen LogP contribution in [0.4, 0.5) is 0 Å². The Balaban J connectivity index is 2.37. The molecule has 0 saturated carbocycles. The zero-order valence-electron chi connectivity index (χ0n) is 12.6. The van der Waals surface area contributed by atoms with Gasteiger partial charge in [0.15, 0.2) is 0 Å². The molecule has 1 aromatic rings. The maximum atomic E-state index is 12.8. The molecule has 0 aliphatic carbocycles. The highest BCUT2D eigenvalue weighted by atomic mass is 32.2. The molecule has 1 heterocycles. The lowest BCUT2D eigenvalue weighted by Crippen LogP contribution is -2.48. The summed E-state index contributed by atoms with van der Waals surface area (Å²) in [5.41, 5.74) is 0.683. The number of piperidine rings is 1. The van der Waals surface area contributed by atoms with Crippen LogP contribution < -0.4 is 0 Å². The molecule has 1 atom stereocenters. The van der Waals surface area contributed by atoms with Gasteiger partial charge < -0.3 is 5.11 Å². The van der Waals surface area contributed by atoms with E-state index in [9.17, 15) is 18.3 Å². The first-order valence-corrected chi connectivity index (χ1v) is 8.42. The zero-order chi connectivity index (χ0) is 15.8. The van der Waals surface area contributed by atoms with E-state index in [0.29, 0.717) is 24.9 Å². The predicted molar refractivity (Wildman–Crippen MR) is 79.7 cm³/mol. The number of aryl methyl sites for hydroxylation is 2. The number of rotatable bonds is 3. The molecule has 1 aromatic carbocycles. The first-order valence-electron chi connectivity index (χ1n) is 6.98.